The topological polar surface area (TPSA) is 34.1 Å². The van der Waals surface area contributed by atoms with Gasteiger partial charge in [-0.3, -0.25) is 4.98 Å². The molecular formula is C19H24N2O. The van der Waals surface area contributed by atoms with Gasteiger partial charge in [0.05, 0.1) is 18.5 Å². The highest BCUT2D eigenvalue weighted by Gasteiger charge is 2.23. The fourth-order valence-electron chi connectivity index (χ4n) is 3.44. The van der Waals surface area contributed by atoms with Crippen molar-refractivity contribution in [3.8, 4) is 5.75 Å². The molecule has 1 heterocycles. The summed E-state index contributed by atoms with van der Waals surface area (Å²) in [5.74, 6) is 1.58. The van der Waals surface area contributed by atoms with E-state index in [1.807, 2.05) is 19.2 Å². The highest BCUT2D eigenvalue weighted by atomic mass is 16.5. The number of pyridine rings is 1. The third-order valence-electron chi connectivity index (χ3n) is 4.64. The molecule has 1 fully saturated rings. The third kappa shape index (κ3) is 3.24. The van der Waals surface area contributed by atoms with Crippen LogP contribution in [0.25, 0.3) is 0 Å². The molecule has 0 aliphatic heterocycles. The molecule has 0 radical (unpaired) electrons. The molecule has 3 rings (SSSR count). The quantitative estimate of drug-likeness (QED) is 0.899. The minimum atomic E-state index is 0.524. The van der Waals surface area contributed by atoms with E-state index in [4.69, 9.17) is 4.74 Å². The fourth-order valence-corrected chi connectivity index (χ4v) is 3.44. The summed E-state index contributed by atoms with van der Waals surface area (Å²) in [6.07, 6.45) is 6.73. The number of nitrogens with zero attached hydrogens (tertiary/aromatic N) is 1. The van der Waals surface area contributed by atoms with Crippen molar-refractivity contribution in [3.05, 3.63) is 53.9 Å². The van der Waals surface area contributed by atoms with Crippen LogP contribution in [0.5, 0.6) is 5.75 Å². The minimum Gasteiger partial charge on any atom is -0.493 e. The van der Waals surface area contributed by atoms with Gasteiger partial charge in [-0.2, -0.15) is 0 Å². The lowest BCUT2D eigenvalue weighted by Crippen LogP contribution is -2.25. The zero-order valence-electron chi connectivity index (χ0n) is 13.4. The van der Waals surface area contributed by atoms with E-state index in [1.54, 1.807) is 7.11 Å². The molecular weight excluding hydrogens is 272 g/mol. The molecule has 22 heavy (non-hydrogen) atoms. The van der Waals surface area contributed by atoms with E-state index in [1.165, 1.54) is 31.2 Å². The van der Waals surface area contributed by atoms with Crippen LogP contribution in [0.3, 0.4) is 0 Å². The first-order valence-corrected chi connectivity index (χ1v) is 8.09. The number of ether oxygens (including phenoxy) is 1. The molecule has 1 aliphatic rings. The summed E-state index contributed by atoms with van der Waals surface area (Å²) < 4.78 is 5.48. The van der Waals surface area contributed by atoms with Crippen LogP contribution in [0, 0.1) is 6.92 Å². The van der Waals surface area contributed by atoms with Crippen LogP contribution in [0.2, 0.25) is 0 Å². The van der Waals surface area contributed by atoms with Gasteiger partial charge in [0.15, 0.2) is 5.75 Å². The van der Waals surface area contributed by atoms with Gasteiger partial charge in [-0.25, -0.2) is 0 Å². The van der Waals surface area contributed by atoms with Crippen molar-refractivity contribution < 1.29 is 4.74 Å². The summed E-state index contributed by atoms with van der Waals surface area (Å²) in [6, 6.07) is 13.4. The number of benzene rings is 1. The zero-order chi connectivity index (χ0) is 15.4. The van der Waals surface area contributed by atoms with E-state index in [0.29, 0.717) is 12.0 Å². The Balaban J connectivity index is 1.62. The first-order valence-electron chi connectivity index (χ1n) is 8.09. The summed E-state index contributed by atoms with van der Waals surface area (Å²) in [5.41, 5.74) is 3.49. The number of methoxy groups -OCH3 is 1. The van der Waals surface area contributed by atoms with Gasteiger partial charge in [0.25, 0.3) is 0 Å². The Morgan fingerprint density at radius 2 is 1.77 bits per heavy atom. The highest BCUT2D eigenvalue weighted by Crippen LogP contribution is 2.35. The lowest BCUT2D eigenvalue weighted by atomic mass is 9.82. The maximum atomic E-state index is 5.48. The number of nitrogens with one attached hydrogen (secondary N) is 1. The third-order valence-corrected chi connectivity index (χ3v) is 4.64. The van der Waals surface area contributed by atoms with Gasteiger partial charge in [-0.05, 0) is 50.2 Å². The number of aryl methyl sites for hydroxylation is 1. The molecule has 1 saturated carbocycles. The van der Waals surface area contributed by atoms with E-state index >= 15 is 0 Å². The number of aromatic nitrogens is 1. The standard InChI is InChI=1S/C19H24N2O/c1-14-19(22-2)18(12-13-20-14)21-17-10-8-16(9-11-17)15-6-4-3-5-7-15/h3-7,12-13,16-17H,8-11H2,1-2H3,(H,20,21)/t16-,17+. The van der Waals surface area contributed by atoms with Crippen molar-refractivity contribution in [1.29, 1.82) is 0 Å². The molecule has 3 heteroatoms. The van der Waals surface area contributed by atoms with Crippen LogP contribution >= 0.6 is 0 Å². The van der Waals surface area contributed by atoms with Crippen molar-refractivity contribution >= 4 is 5.69 Å². The van der Waals surface area contributed by atoms with E-state index in [9.17, 15) is 0 Å². The minimum absolute atomic E-state index is 0.524. The van der Waals surface area contributed by atoms with Gasteiger partial charge >= 0.3 is 0 Å². The summed E-state index contributed by atoms with van der Waals surface area (Å²) >= 11 is 0. The lowest BCUT2D eigenvalue weighted by molar-refractivity contribution is 0.399. The van der Waals surface area contributed by atoms with Crippen LogP contribution in [-0.4, -0.2) is 18.1 Å². The van der Waals surface area contributed by atoms with E-state index in [2.05, 4.69) is 40.6 Å². The van der Waals surface area contributed by atoms with Gasteiger partial charge < -0.3 is 10.1 Å². The molecule has 1 aliphatic carbocycles. The van der Waals surface area contributed by atoms with Crippen LogP contribution in [0.15, 0.2) is 42.6 Å². The molecule has 0 amide bonds. The largest absolute Gasteiger partial charge is 0.493 e. The predicted molar refractivity (Wildman–Crippen MR) is 90.6 cm³/mol. The Hall–Kier alpha value is -2.03. The zero-order valence-corrected chi connectivity index (χ0v) is 13.4. The predicted octanol–water partition coefficient (Wildman–Crippen LogP) is 4.54. The van der Waals surface area contributed by atoms with Gasteiger partial charge in [-0.1, -0.05) is 30.3 Å². The number of rotatable bonds is 4. The Kier molecular flexibility index (Phi) is 4.62. The Labute approximate surface area is 132 Å². The molecule has 0 saturated heterocycles. The lowest BCUT2D eigenvalue weighted by Gasteiger charge is -2.30. The second-order valence-electron chi connectivity index (χ2n) is 6.08. The molecule has 0 spiro atoms. The summed E-state index contributed by atoms with van der Waals surface area (Å²) in [4.78, 5) is 4.29. The van der Waals surface area contributed by atoms with Gasteiger partial charge in [-0.15, -0.1) is 0 Å². The Morgan fingerprint density at radius 3 is 2.45 bits per heavy atom. The number of anilines is 1. The highest BCUT2D eigenvalue weighted by molar-refractivity contribution is 5.58. The monoisotopic (exact) mass is 296 g/mol. The number of hydrogen-bond acceptors (Lipinski definition) is 3. The Morgan fingerprint density at radius 1 is 1.05 bits per heavy atom. The van der Waals surface area contributed by atoms with Gasteiger partial charge in [0.2, 0.25) is 0 Å². The van der Waals surface area contributed by atoms with Crippen molar-refractivity contribution in [3.63, 3.8) is 0 Å². The molecule has 0 unspecified atom stereocenters. The van der Waals surface area contributed by atoms with Crippen molar-refractivity contribution in [2.45, 2.75) is 44.6 Å². The molecule has 3 nitrogen and oxygen atoms in total. The van der Waals surface area contributed by atoms with E-state index in [0.717, 1.165) is 17.1 Å². The molecule has 1 aromatic carbocycles. The second-order valence-corrected chi connectivity index (χ2v) is 6.08. The maximum Gasteiger partial charge on any atom is 0.163 e. The van der Waals surface area contributed by atoms with Gasteiger partial charge in [0, 0.05) is 12.2 Å². The summed E-state index contributed by atoms with van der Waals surface area (Å²) in [6.45, 7) is 1.98. The molecule has 116 valence electrons. The second kappa shape index (κ2) is 6.82. The SMILES string of the molecule is COc1c(N[C@H]2CC[C@@H](c3ccccc3)CC2)ccnc1C. The number of hydrogen-bond donors (Lipinski definition) is 1. The average Bonchev–Trinajstić information content (AvgIpc) is 2.57. The first kappa shape index (κ1) is 14.9. The maximum absolute atomic E-state index is 5.48. The molecule has 1 N–H and O–H groups in total. The van der Waals surface area contributed by atoms with Crippen LogP contribution in [-0.2, 0) is 0 Å². The molecule has 0 bridgehead atoms. The smallest absolute Gasteiger partial charge is 0.163 e. The van der Waals surface area contributed by atoms with Crippen molar-refractivity contribution in [2.24, 2.45) is 0 Å². The fraction of sp³-hybridized carbons (Fsp3) is 0.421. The normalized spacial score (nSPS) is 21.4. The van der Waals surface area contributed by atoms with Crippen LogP contribution in [0.4, 0.5) is 5.69 Å². The van der Waals surface area contributed by atoms with Gasteiger partial charge in [0.1, 0.15) is 0 Å². The van der Waals surface area contributed by atoms with E-state index < -0.39 is 0 Å². The molecule has 1 aromatic heterocycles. The van der Waals surface area contributed by atoms with E-state index in [-0.39, 0.29) is 0 Å². The van der Waals surface area contributed by atoms with Crippen LogP contribution < -0.4 is 10.1 Å². The summed E-state index contributed by atoms with van der Waals surface area (Å²) in [5, 5.41) is 3.65. The van der Waals surface area contributed by atoms with Crippen molar-refractivity contribution in [1.82, 2.24) is 4.98 Å². The molecule has 0 atom stereocenters. The molecule has 2 aromatic rings. The van der Waals surface area contributed by atoms with Crippen LogP contribution in [0.1, 0.15) is 42.9 Å². The average molecular weight is 296 g/mol. The Bertz CT molecular complexity index is 604. The van der Waals surface area contributed by atoms with Crippen molar-refractivity contribution in [2.75, 3.05) is 12.4 Å². The first-order chi connectivity index (χ1) is 10.8. The summed E-state index contributed by atoms with van der Waals surface area (Å²) in [7, 11) is 1.71.